The third-order valence-electron chi connectivity index (χ3n) is 3.42. The molecule has 0 saturated carbocycles. The van der Waals surface area contributed by atoms with Gasteiger partial charge in [-0.2, -0.15) is 0 Å². The first-order valence-electron chi connectivity index (χ1n) is 6.37. The van der Waals surface area contributed by atoms with Gasteiger partial charge in [-0.3, -0.25) is 9.59 Å². The van der Waals surface area contributed by atoms with Crippen molar-refractivity contribution in [2.45, 2.75) is 58.7 Å². The Morgan fingerprint density at radius 3 is 2.39 bits per heavy atom. The van der Waals surface area contributed by atoms with Crippen LogP contribution in [-0.4, -0.2) is 34.3 Å². The van der Waals surface area contributed by atoms with Gasteiger partial charge in [0, 0.05) is 0 Å². The third kappa shape index (κ3) is 2.35. The Kier molecular flexibility index (Phi) is 4.05. The first kappa shape index (κ1) is 14.6. The molecule has 0 radical (unpaired) electrons. The zero-order valence-corrected chi connectivity index (χ0v) is 11.8. The molecule has 1 rings (SSSR count). The second kappa shape index (κ2) is 5.01. The summed E-state index contributed by atoms with van der Waals surface area (Å²) in [5.74, 6) is 2.47. The van der Waals surface area contributed by atoms with Crippen LogP contribution in [0.15, 0.2) is 0 Å². The molecule has 18 heavy (non-hydrogen) atoms. The first-order valence-corrected chi connectivity index (χ1v) is 6.37. The summed E-state index contributed by atoms with van der Waals surface area (Å²) < 4.78 is 0. The minimum Gasteiger partial charge on any atom is -0.342 e. The number of rotatable bonds is 3. The SMILES string of the molecule is C#CC(C)(C)N1C(=O)C(C(C)C)NC(=O)C1CC. The molecule has 0 bridgehead atoms. The van der Waals surface area contributed by atoms with Crippen molar-refractivity contribution in [3.8, 4) is 12.3 Å². The highest BCUT2D eigenvalue weighted by Gasteiger charge is 2.46. The van der Waals surface area contributed by atoms with Crippen molar-refractivity contribution in [1.29, 1.82) is 0 Å². The Hall–Kier alpha value is -1.50. The summed E-state index contributed by atoms with van der Waals surface area (Å²) in [5, 5.41) is 2.79. The average molecular weight is 250 g/mol. The summed E-state index contributed by atoms with van der Waals surface area (Å²) in [7, 11) is 0. The fourth-order valence-corrected chi connectivity index (χ4v) is 2.29. The summed E-state index contributed by atoms with van der Waals surface area (Å²) in [6, 6.07) is -0.952. The van der Waals surface area contributed by atoms with E-state index in [-0.39, 0.29) is 17.7 Å². The minimum atomic E-state index is -0.747. The van der Waals surface area contributed by atoms with Crippen LogP contribution in [0.5, 0.6) is 0 Å². The number of hydrogen-bond acceptors (Lipinski definition) is 2. The predicted molar refractivity (Wildman–Crippen MR) is 70.6 cm³/mol. The second-order valence-electron chi connectivity index (χ2n) is 5.57. The number of nitrogens with zero attached hydrogens (tertiary/aromatic N) is 1. The molecule has 2 unspecified atom stereocenters. The molecule has 2 amide bonds. The molecule has 4 nitrogen and oxygen atoms in total. The zero-order chi connectivity index (χ0) is 14.1. The highest BCUT2D eigenvalue weighted by molar-refractivity contribution is 5.97. The fraction of sp³-hybridized carbons (Fsp3) is 0.714. The Morgan fingerprint density at radius 2 is 2.00 bits per heavy atom. The molecule has 1 aliphatic heterocycles. The predicted octanol–water partition coefficient (Wildman–Crippen LogP) is 1.16. The molecule has 2 atom stereocenters. The van der Waals surface area contributed by atoms with Crippen LogP contribution >= 0.6 is 0 Å². The second-order valence-corrected chi connectivity index (χ2v) is 5.57. The smallest absolute Gasteiger partial charge is 0.247 e. The van der Waals surface area contributed by atoms with E-state index in [1.54, 1.807) is 18.7 Å². The van der Waals surface area contributed by atoms with Gasteiger partial charge >= 0.3 is 0 Å². The van der Waals surface area contributed by atoms with Gasteiger partial charge < -0.3 is 10.2 Å². The molecular weight excluding hydrogens is 228 g/mol. The van der Waals surface area contributed by atoms with Crippen molar-refractivity contribution >= 4 is 11.8 Å². The summed E-state index contributed by atoms with van der Waals surface area (Å²) in [6.07, 6.45) is 6.07. The number of terminal acetylenes is 1. The van der Waals surface area contributed by atoms with Crippen molar-refractivity contribution in [2.24, 2.45) is 5.92 Å². The third-order valence-corrected chi connectivity index (χ3v) is 3.42. The monoisotopic (exact) mass is 250 g/mol. The van der Waals surface area contributed by atoms with Gasteiger partial charge in [-0.25, -0.2) is 0 Å². The van der Waals surface area contributed by atoms with E-state index in [0.717, 1.165) is 0 Å². The maximum atomic E-state index is 12.5. The standard InChI is InChI=1S/C14H22N2O2/c1-7-10-12(17)15-11(9(3)4)13(18)16(10)14(5,6)8-2/h2,9-11H,7H2,1,3-6H3,(H,15,17). The molecule has 1 aliphatic rings. The van der Waals surface area contributed by atoms with Gasteiger partial charge in [-0.1, -0.05) is 26.7 Å². The first-order chi connectivity index (χ1) is 8.26. The maximum absolute atomic E-state index is 12.5. The number of carbonyl (C=O) groups is 2. The van der Waals surface area contributed by atoms with Crippen LogP contribution in [-0.2, 0) is 9.59 Å². The van der Waals surface area contributed by atoms with Gasteiger partial charge in [0.15, 0.2) is 0 Å². The quantitative estimate of drug-likeness (QED) is 0.764. The van der Waals surface area contributed by atoms with Crippen molar-refractivity contribution in [3.63, 3.8) is 0 Å². The summed E-state index contributed by atoms with van der Waals surface area (Å²) in [6.45, 7) is 9.30. The fourth-order valence-electron chi connectivity index (χ4n) is 2.29. The van der Waals surface area contributed by atoms with Crippen molar-refractivity contribution < 1.29 is 9.59 Å². The molecule has 0 aliphatic carbocycles. The summed E-state index contributed by atoms with van der Waals surface area (Å²) in [4.78, 5) is 26.2. The lowest BCUT2D eigenvalue weighted by atomic mass is 9.91. The van der Waals surface area contributed by atoms with Crippen LogP contribution in [0.1, 0.15) is 41.0 Å². The van der Waals surface area contributed by atoms with E-state index >= 15 is 0 Å². The lowest BCUT2D eigenvalue weighted by Crippen LogP contribution is -2.69. The molecule has 100 valence electrons. The van der Waals surface area contributed by atoms with E-state index in [9.17, 15) is 9.59 Å². The van der Waals surface area contributed by atoms with Gasteiger partial charge in [-0.05, 0) is 26.2 Å². The largest absolute Gasteiger partial charge is 0.342 e. The van der Waals surface area contributed by atoms with E-state index in [4.69, 9.17) is 6.42 Å². The number of hydrogen-bond donors (Lipinski definition) is 1. The number of carbonyl (C=O) groups excluding carboxylic acids is 2. The molecular formula is C14H22N2O2. The van der Waals surface area contributed by atoms with Crippen LogP contribution in [0.3, 0.4) is 0 Å². The lowest BCUT2D eigenvalue weighted by molar-refractivity contribution is -0.155. The summed E-state index contributed by atoms with van der Waals surface area (Å²) in [5.41, 5.74) is -0.747. The highest BCUT2D eigenvalue weighted by atomic mass is 16.2. The van der Waals surface area contributed by atoms with E-state index in [1.165, 1.54) is 0 Å². The minimum absolute atomic E-state index is 0.0512. The van der Waals surface area contributed by atoms with Crippen molar-refractivity contribution in [1.82, 2.24) is 10.2 Å². The molecule has 0 aromatic rings. The van der Waals surface area contributed by atoms with Crippen LogP contribution in [0.25, 0.3) is 0 Å². The van der Waals surface area contributed by atoms with Crippen molar-refractivity contribution in [3.05, 3.63) is 0 Å². The Balaban J connectivity index is 3.19. The Bertz CT molecular complexity index is 393. The van der Waals surface area contributed by atoms with Crippen LogP contribution in [0, 0.1) is 18.3 Å². The Labute approximate surface area is 109 Å². The molecule has 1 saturated heterocycles. The molecule has 4 heteroatoms. The zero-order valence-electron chi connectivity index (χ0n) is 11.8. The van der Waals surface area contributed by atoms with Crippen LogP contribution in [0.2, 0.25) is 0 Å². The lowest BCUT2D eigenvalue weighted by Gasteiger charge is -2.46. The molecule has 0 spiro atoms. The maximum Gasteiger partial charge on any atom is 0.247 e. The topological polar surface area (TPSA) is 49.4 Å². The van der Waals surface area contributed by atoms with Crippen LogP contribution < -0.4 is 5.32 Å². The van der Waals surface area contributed by atoms with Gasteiger partial charge in [0.1, 0.15) is 12.1 Å². The molecule has 1 heterocycles. The summed E-state index contributed by atoms with van der Waals surface area (Å²) >= 11 is 0. The highest BCUT2D eigenvalue weighted by Crippen LogP contribution is 2.25. The molecule has 0 aromatic heterocycles. The number of amides is 2. The molecule has 1 fully saturated rings. The Morgan fingerprint density at radius 1 is 1.44 bits per heavy atom. The van der Waals surface area contributed by atoms with E-state index in [0.29, 0.717) is 6.42 Å². The van der Waals surface area contributed by atoms with Gasteiger partial charge in [-0.15, -0.1) is 6.42 Å². The number of nitrogens with one attached hydrogen (secondary N) is 1. The van der Waals surface area contributed by atoms with E-state index in [1.807, 2.05) is 20.8 Å². The van der Waals surface area contributed by atoms with Crippen LogP contribution in [0.4, 0.5) is 0 Å². The molecule has 1 N–H and O–H groups in total. The van der Waals surface area contributed by atoms with Crippen molar-refractivity contribution in [2.75, 3.05) is 0 Å². The van der Waals surface area contributed by atoms with Gasteiger partial charge in [0.2, 0.25) is 11.8 Å². The average Bonchev–Trinajstić information content (AvgIpc) is 2.30. The van der Waals surface area contributed by atoms with E-state index < -0.39 is 17.6 Å². The number of piperazine rings is 1. The van der Waals surface area contributed by atoms with E-state index in [2.05, 4.69) is 11.2 Å². The normalized spacial score (nSPS) is 25.1. The van der Waals surface area contributed by atoms with Gasteiger partial charge in [0.05, 0.1) is 5.54 Å². The van der Waals surface area contributed by atoms with Gasteiger partial charge in [0.25, 0.3) is 0 Å². The molecule has 0 aromatic carbocycles.